The number of hydrogen-bond acceptors (Lipinski definition) is 5. The lowest BCUT2D eigenvalue weighted by Gasteiger charge is -2.35. The first kappa shape index (κ1) is 19.5. The van der Waals surface area contributed by atoms with Crippen LogP contribution in [-0.2, 0) is 17.8 Å². The van der Waals surface area contributed by atoms with Crippen molar-refractivity contribution in [1.29, 1.82) is 0 Å². The summed E-state index contributed by atoms with van der Waals surface area (Å²) >= 11 is 0. The SMILES string of the molecule is CC(=O)N1CCCC[C@@H]1c1ncc2c(n1)CCN(C(=O)c1cnn(C(C)C)c1)C2. The Bertz CT molecular complexity index is 922. The molecule has 4 rings (SSSR count). The molecule has 1 atom stereocenters. The van der Waals surface area contributed by atoms with Gasteiger partial charge in [-0.1, -0.05) is 0 Å². The zero-order chi connectivity index (χ0) is 20.5. The Labute approximate surface area is 170 Å². The van der Waals surface area contributed by atoms with Crippen LogP contribution < -0.4 is 0 Å². The van der Waals surface area contributed by atoms with Gasteiger partial charge in [-0.2, -0.15) is 5.10 Å². The number of fused-ring (bicyclic) bond motifs is 1. The maximum atomic E-state index is 12.9. The van der Waals surface area contributed by atoms with E-state index in [1.165, 1.54) is 0 Å². The smallest absolute Gasteiger partial charge is 0.257 e. The van der Waals surface area contributed by atoms with E-state index >= 15 is 0 Å². The average Bonchev–Trinajstić information content (AvgIpc) is 3.23. The lowest BCUT2D eigenvalue weighted by Crippen LogP contribution is -2.39. The van der Waals surface area contributed by atoms with E-state index in [9.17, 15) is 9.59 Å². The standard InChI is InChI=1S/C21H28N6O2/c1-14(2)27-13-17(11-23-27)21(29)25-9-7-18-16(12-25)10-22-20(24-18)19-6-4-5-8-26(19)15(3)28/h10-11,13-14,19H,4-9,12H2,1-3H3/t19-/m1/s1. The van der Waals surface area contributed by atoms with E-state index in [-0.39, 0.29) is 23.9 Å². The number of rotatable bonds is 3. The van der Waals surface area contributed by atoms with Gasteiger partial charge in [0.1, 0.15) is 0 Å². The lowest BCUT2D eigenvalue weighted by molar-refractivity contribution is -0.132. The van der Waals surface area contributed by atoms with Crippen LogP contribution >= 0.6 is 0 Å². The van der Waals surface area contributed by atoms with Crippen LogP contribution in [0.5, 0.6) is 0 Å². The van der Waals surface area contributed by atoms with Crippen molar-refractivity contribution in [3.63, 3.8) is 0 Å². The van der Waals surface area contributed by atoms with E-state index < -0.39 is 0 Å². The average molecular weight is 396 g/mol. The highest BCUT2D eigenvalue weighted by Gasteiger charge is 2.30. The van der Waals surface area contributed by atoms with E-state index in [1.807, 2.05) is 36.0 Å². The van der Waals surface area contributed by atoms with Gasteiger partial charge in [0.2, 0.25) is 5.91 Å². The minimum absolute atomic E-state index is 0.0124. The maximum Gasteiger partial charge on any atom is 0.257 e. The van der Waals surface area contributed by atoms with E-state index in [4.69, 9.17) is 4.98 Å². The number of amides is 2. The molecular formula is C21H28N6O2. The van der Waals surface area contributed by atoms with Gasteiger partial charge in [-0.15, -0.1) is 0 Å². The molecule has 8 nitrogen and oxygen atoms in total. The van der Waals surface area contributed by atoms with Crippen molar-refractivity contribution < 1.29 is 9.59 Å². The summed E-state index contributed by atoms with van der Waals surface area (Å²) in [5.74, 6) is 0.799. The number of hydrogen-bond donors (Lipinski definition) is 0. The summed E-state index contributed by atoms with van der Waals surface area (Å²) < 4.78 is 1.80. The molecule has 0 unspecified atom stereocenters. The fourth-order valence-electron chi connectivity index (χ4n) is 4.16. The Kier molecular flexibility index (Phi) is 5.34. The molecule has 4 heterocycles. The molecule has 154 valence electrons. The first-order valence-corrected chi connectivity index (χ1v) is 10.4. The molecule has 8 heteroatoms. The van der Waals surface area contributed by atoms with Crippen LogP contribution in [0.1, 0.15) is 79.6 Å². The predicted molar refractivity (Wildman–Crippen MR) is 107 cm³/mol. The summed E-state index contributed by atoms with van der Waals surface area (Å²) in [6, 6.07) is 0.188. The molecule has 1 saturated heterocycles. The third kappa shape index (κ3) is 3.88. The molecule has 0 saturated carbocycles. The first-order chi connectivity index (χ1) is 13.9. The van der Waals surface area contributed by atoms with E-state index in [2.05, 4.69) is 10.1 Å². The van der Waals surface area contributed by atoms with Gasteiger partial charge in [0, 0.05) is 57.0 Å². The molecule has 1 fully saturated rings. The molecule has 0 aliphatic carbocycles. The summed E-state index contributed by atoms with van der Waals surface area (Å²) in [7, 11) is 0. The zero-order valence-corrected chi connectivity index (χ0v) is 17.3. The molecule has 0 radical (unpaired) electrons. The van der Waals surface area contributed by atoms with Crippen molar-refractivity contribution in [2.24, 2.45) is 0 Å². The summed E-state index contributed by atoms with van der Waals surface area (Å²) in [6.07, 6.45) is 9.00. The Morgan fingerprint density at radius 2 is 2.00 bits per heavy atom. The Balaban J connectivity index is 1.50. The highest BCUT2D eigenvalue weighted by Crippen LogP contribution is 2.30. The highest BCUT2D eigenvalue weighted by molar-refractivity contribution is 5.93. The number of likely N-dealkylation sites (tertiary alicyclic amines) is 1. The van der Waals surface area contributed by atoms with Crippen molar-refractivity contribution in [2.75, 3.05) is 13.1 Å². The summed E-state index contributed by atoms with van der Waals surface area (Å²) in [5.41, 5.74) is 2.58. The quantitative estimate of drug-likeness (QED) is 0.796. The normalized spacial score (nSPS) is 19.4. The number of piperidine rings is 1. The number of aromatic nitrogens is 4. The topological polar surface area (TPSA) is 84.2 Å². The molecule has 0 aromatic carbocycles. The van der Waals surface area contributed by atoms with Crippen LogP contribution in [-0.4, -0.2) is 54.5 Å². The minimum Gasteiger partial charge on any atom is -0.334 e. The summed E-state index contributed by atoms with van der Waals surface area (Å²) in [4.78, 5) is 38.0. The largest absolute Gasteiger partial charge is 0.334 e. The fraction of sp³-hybridized carbons (Fsp3) is 0.571. The highest BCUT2D eigenvalue weighted by atomic mass is 16.2. The Hall–Kier alpha value is -2.77. The number of carbonyl (C=O) groups excluding carboxylic acids is 2. The van der Waals surface area contributed by atoms with Gasteiger partial charge in [-0.25, -0.2) is 9.97 Å². The second-order valence-electron chi connectivity index (χ2n) is 8.20. The van der Waals surface area contributed by atoms with Gasteiger partial charge < -0.3 is 9.80 Å². The monoisotopic (exact) mass is 396 g/mol. The molecule has 2 aliphatic rings. The van der Waals surface area contributed by atoms with Gasteiger partial charge in [0.05, 0.1) is 23.5 Å². The van der Waals surface area contributed by atoms with Gasteiger partial charge in [0.15, 0.2) is 5.82 Å². The molecular weight excluding hydrogens is 368 g/mol. The lowest BCUT2D eigenvalue weighted by atomic mass is 10.0. The van der Waals surface area contributed by atoms with Crippen LogP contribution in [0.15, 0.2) is 18.6 Å². The predicted octanol–water partition coefficient (Wildman–Crippen LogP) is 2.53. The second-order valence-corrected chi connectivity index (χ2v) is 8.20. The van der Waals surface area contributed by atoms with Crippen molar-refractivity contribution >= 4 is 11.8 Å². The number of nitrogens with zero attached hydrogens (tertiary/aromatic N) is 6. The third-order valence-electron chi connectivity index (χ3n) is 5.82. The van der Waals surface area contributed by atoms with E-state index in [0.717, 1.165) is 42.9 Å². The molecule has 0 spiro atoms. The summed E-state index contributed by atoms with van der Waals surface area (Å²) in [6.45, 7) is 7.58. The maximum absolute atomic E-state index is 12.9. The van der Waals surface area contributed by atoms with Gasteiger partial charge >= 0.3 is 0 Å². The van der Waals surface area contributed by atoms with Crippen LogP contribution in [0.4, 0.5) is 0 Å². The third-order valence-corrected chi connectivity index (χ3v) is 5.82. The molecule has 0 N–H and O–H groups in total. The van der Waals surface area contributed by atoms with Gasteiger partial charge in [0.25, 0.3) is 5.91 Å². The van der Waals surface area contributed by atoms with Crippen LogP contribution in [0.2, 0.25) is 0 Å². The first-order valence-electron chi connectivity index (χ1n) is 10.4. The van der Waals surface area contributed by atoms with E-state index in [1.54, 1.807) is 17.8 Å². The molecule has 2 aliphatic heterocycles. The van der Waals surface area contributed by atoms with Crippen molar-refractivity contribution in [3.05, 3.63) is 41.2 Å². The van der Waals surface area contributed by atoms with Gasteiger partial charge in [-0.3, -0.25) is 14.3 Å². The zero-order valence-electron chi connectivity index (χ0n) is 17.3. The molecule has 2 aromatic rings. The van der Waals surface area contributed by atoms with Crippen LogP contribution in [0.3, 0.4) is 0 Å². The number of carbonyl (C=O) groups is 2. The van der Waals surface area contributed by atoms with Crippen molar-refractivity contribution in [1.82, 2.24) is 29.5 Å². The van der Waals surface area contributed by atoms with Crippen molar-refractivity contribution in [2.45, 2.75) is 65.1 Å². The Morgan fingerprint density at radius 1 is 1.17 bits per heavy atom. The van der Waals surface area contributed by atoms with Crippen LogP contribution in [0, 0.1) is 0 Å². The van der Waals surface area contributed by atoms with E-state index in [0.29, 0.717) is 25.1 Å². The Morgan fingerprint density at radius 3 is 2.72 bits per heavy atom. The molecule has 2 aromatic heterocycles. The van der Waals surface area contributed by atoms with Crippen LogP contribution in [0.25, 0.3) is 0 Å². The second kappa shape index (κ2) is 7.93. The minimum atomic E-state index is -0.0342. The molecule has 2 amide bonds. The van der Waals surface area contributed by atoms with Gasteiger partial charge in [-0.05, 0) is 33.1 Å². The molecule has 29 heavy (non-hydrogen) atoms. The van der Waals surface area contributed by atoms with Crippen molar-refractivity contribution in [3.8, 4) is 0 Å². The fourth-order valence-corrected chi connectivity index (χ4v) is 4.16. The summed E-state index contributed by atoms with van der Waals surface area (Å²) in [5, 5.41) is 4.27. The molecule has 0 bridgehead atoms.